The van der Waals surface area contributed by atoms with E-state index in [9.17, 15) is 9.59 Å². The third kappa shape index (κ3) is 7.77. The smallest absolute Gasteiger partial charge is 0.240 e. The largest absolute Gasteiger partial charge is 0.497 e. The van der Waals surface area contributed by atoms with Crippen LogP contribution in [0.4, 0.5) is 5.69 Å². The number of hydrazone groups is 1. The van der Waals surface area contributed by atoms with E-state index in [4.69, 9.17) is 44.1 Å². The van der Waals surface area contributed by atoms with E-state index in [1.54, 1.807) is 28.4 Å². The van der Waals surface area contributed by atoms with Gasteiger partial charge in [0.05, 0.1) is 63.3 Å². The molecule has 0 saturated heterocycles. The molecular formula is C42H55N5O9. The summed E-state index contributed by atoms with van der Waals surface area (Å²) >= 11 is 0. The molecule has 14 nitrogen and oxygen atoms in total. The van der Waals surface area contributed by atoms with E-state index in [-0.39, 0.29) is 24.5 Å². The summed E-state index contributed by atoms with van der Waals surface area (Å²) in [5, 5.41) is 10.4. The summed E-state index contributed by atoms with van der Waals surface area (Å²) in [7, 11) is 6.35. The fraction of sp³-hybridized carbons (Fsp3) is 0.500. The number of hydrogen-bond acceptors (Lipinski definition) is 12. The Kier molecular flexibility index (Phi) is 12.2. The van der Waals surface area contributed by atoms with Gasteiger partial charge < -0.3 is 38.5 Å². The Morgan fingerprint density at radius 1 is 0.911 bits per heavy atom. The number of hydrogen-bond donors (Lipinski definition) is 3. The number of anilines is 1. The summed E-state index contributed by atoms with van der Waals surface area (Å²) < 4.78 is 40.8. The van der Waals surface area contributed by atoms with Crippen LogP contribution >= 0.6 is 0 Å². The molecule has 56 heavy (non-hydrogen) atoms. The predicted molar refractivity (Wildman–Crippen MR) is 212 cm³/mol. The zero-order valence-electron chi connectivity index (χ0n) is 33.7. The van der Waals surface area contributed by atoms with Gasteiger partial charge in [0.2, 0.25) is 24.4 Å². The Morgan fingerprint density at radius 3 is 2.16 bits per heavy atom. The van der Waals surface area contributed by atoms with Gasteiger partial charge in [-0.1, -0.05) is 13.8 Å². The van der Waals surface area contributed by atoms with Crippen molar-refractivity contribution in [2.24, 2.45) is 28.2 Å². The van der Waals surface area contributed by atoms with Crippen LogP contribution in [0.25, 0.3) is 0 Å². The molecule has 0 aromatic heterocycles. The average Bonchev–Trinajstić information content (AvgIpc) is 3.88. The van der Waals surface area contributed by atoms with Gasteiger partial charge in [0.1, 0.15) is 5.75 Å². The molecule has 4 N–H and O–H groups in total. The zero-order valence-corrected chi connectivity index (χ0v) is 33.7. The summed E-state index contributed by atoms with van der Waals surface area (Å²) in [5.41, 5.74) is 5.36. The van der Waals surface area contributed by atoms with Gasteiger partial charge >= 0.3 is 0 Å². The molecule has 6 rings (SSSR count). The molecule has 0 radical (unpaired) electrons. The third-order valence-electron chi connectivity index (χ3n) is 11.7. The maximum Gasteiger partial charge on any atom is 0.240 e. The highest BCUT2D eigenvalue weighted by Gasteiger charge is 2.50. The number of fused-ring (bicyclic) bond motifs is 4. The van der Waals surface area contributed by atoms with Crippen molar-refractivity contribution < 1.29 is 42.7 Å². The second-order valence-electron chi connectivity index (χ2n) is 15.0. The van der Waals surface area contributed by atoms with Crippen LogP contribution in [0, 0.1) is 17.3 Å². The Hall–Kier alpha value is -5.21. The first-order valence-electron chi connectivity index (χ1n) is 19.1. The van der Waals surface area contributed by atoms with E-state index in [0.29, 0.717) is 74.1 Å². The van der Waals surface area contributed by atoms with Crippen molar-refractivity contribution in [2.45, 2.75) is 64.9 Å². The van der Waals surface area contributed by atoms with E-state index < -0.39 is 22.9 Å². The van der Waals surface area contributed by atoms with Gasteiger partial charge in [0, 0.05) is 30.6 Å². The number of benzene rings is 3. The maximum atomic E-state index is 14.9. The van der Waals surface area contributed by atoms with Crippen molar-refractivity contribution >= 4 is 23.2 Å². The number of nitrogens with zero attached hydrogens (tertiary/aromatic N) is 2. The molecule has 1 aliphatic carbocycles. The molecule has 3 aromatic carbocycles. The molecule has 302 valence electrons. The number of amides is 2. The number of carbonyl (C=O) groups is 2. The molecule has 3 aliphatic rings. The van der Waals surface area contributed by atoms with Crippen LogP contribution in [-0.4, -0.2) is 78.1 Å². The molecule has 0 saturated carbocycles. The number of rotatable bonds is 17. The zero-order chi connectivity index (χ0) is 40.2. The van der Waals surface area contributed by atoms with Crippen LogP contribution in [0.3, 0.4) is 0 Å². The highest BCUT2D eigenvalue weighted by molar-refractivity contribution is 6.10. The van der Waals surface area contributed by atoms with Crippen molar-refractivity contribution in [1.82, 2.24) is 10.7 Å². The number of methoxy groups -OCH3 is 4. The highest BCUT2D eigenvalue weighted by atomic mass is 16.7. The lowest BCUT2D eigenvalue weighted by Gasteiger charge is -2.38. The summed E-state index contributed by atoms with van der Waals surface area (Å²) in [4.78, 5) is 27.5. The summed E-state index contributed by atoms with van der Waals surface area (Å²) in [5.74, 6) is 7.18. The van der Waals surface area contributed by atoms with E-state index in [1.165, 1.54) is 0 Å². The van der Waals surface area contributed by atoms with Crippen molar-refractivity contribution in [3.8, 4) is 34.5 Å². The van der Waals surface area contributed by atoms with Crippen molar-refractivity contribution in [1.29, 1.82) is 0 Å². The molecule has 0 unspecified atom stereocenters. The second kappa shape index (κ2) is 16.9. The quantitative estimate of drug-likeness (QED) is 0.0897. The number of nitrogens with two attached hydrogens (primary N) is 1. The molecule has 2 heterocycles. The van der Waals surface area contributed by atoms with Crippen molar-refractivity contribution in [2.75, 3.05) is 59.9 Å². The second-order valence-corrected chi connectivity index (χ2v) is 15.0. The molecule has 0 fully saturated rings. The van der Waals surface area contributed by atoms with E-state index in [2.05, 4.69) is 10.7 Å². The minimum Gasteiger partial charge on any atom is -0.497 e. The Labute approximate surface area is 328 Å². The van der Waals surface area contributed by atoms with Crippen molar-refractivity contribution in [3.05, 3.63) is 65.2 Å². The van der Waals surface area contributed by atoms with Gasteiger partial charge in [0.25, 0.3) is 0 Å². The summed E-state index contributed by atoms with van der Waals surface area (Å²) in [6.07, 6.45) is 2.36. The van der Waals surface area contributed by atoms with Crippen molar-refractivity contribution in [3.63, 3.8) is 0 Å². The molecule has 14 heteroatoms. The van der Waals surface area contributed by atoms with Crippen LogP contribution in [0.5, 0.6) is 34.5 Å². The first-order chi connectivity index (χ1) is 27.0. The van der Waals surface area contributed by atoms with Crippen LogP contribution in [-0.2, 0) is 14.3 Å². The maximum absolute atomic E-state index is 14.9. The monoisotopic (exact) mass is 773 g/mol. The Balaban J connectivity index is 1.35. The van der Waals surface area contributed by atoms with Gasteiger partial charge in [-0.2, -0.15) is 5.10 Å². The first kappa shape index (κ1) is 40.5. The normalized spacial score (nSPS) is 18.4. The minimum absolute atomic E-state index is 0.0980. The topological polar surface area (TPSA) is 164 Å². The number of nitrogens with one attached hydrogen (secondary N) is 2. The van der Waals surface area contributed by atoms with E-state index in [1.807, 2.05) is 81.2 Å². The molecule has 2 aliphatic heterocycles. The van der Waals surface area contributed by atoms with Crippen LogP contribution < -0.4 is 50.0 Å². The van der Waals surface area contributed by atoms with E-state index >= 15 is 0 Å². The molecule has 0 bridgehead atoms. The molecule has 3 atom stereocenters. The first-order valence-corrected chi connectivity index (χ1v) is 19.1. The standard InChI is InChI=1S/C42H55N5O9/c1-9-42(10-2,40(49)45-43)16-18-56-41(3,4)15-17-44-39(48)36-30-23-47(26-11-13-27(50-5)14-12-26)46-37(30)29-22-32-31(54-24-55-32)21-28(29)35(36)25-19-33(51-6)38(53-8)34(20-25)52-7/h11-14,19-22,30,35-36H,9-10,15-18,23-24,43H2,1-8H3,(H,44,48)(H,45,49)/t30-,35+,36-/m0/s1. The van der Waals surface area contributed by atoms with Crippen LogP contribution in [0.15, 0.2) is 53.6 Å². The predicted octanol–water partition coefficient (Wildman–Crippen LogP) is 5.54. The fourth-order valence-corrected chi connectivity index (χ4v) is 8.23. The van der Waals surface area contributed by atoms with Gasteiger partial charge in [0.15, 0.2) is 23.0 Å². The Bertz CT molecular complexity index is 1900. The fourth-order valence-electron chi connectivity index (χ4n) is 8.23. The van der Waals surface area contributed by atoms with Crippen LogP contribution in [0.2, 0.25) is 0 Å². The van der Waals surface area contributed by atoms with Gasteiger partial charge in [-0.15, -0.1) is 0 Å². The van der Waals surface area contributed by atoms with Gasteiger partial charge in [-0.3, -0.25) is 20.0 Å². The van der Waals surface area contributed by atoms with Crippen LogP contribution in [0.1, 0.15) is 76.0 Å². The molecule has 3 aromatic rings. The average molecular weight is 774 g/mol. The summed E-state index contributed by atoms with van der Waals surface area (Å²) in [6, 6.07) is 15.5. The molecule has 2 amide bonds. The van der Waals surface area contributed by atoms with Gasteiger partial charge in [-0.05, 0) is 99.2 Å². The SMILES string of the molecule is CCC(CC)(CCOC(C)(C)CCNC(=O)[C@@H]1[C@H](c2cc(OC)c(OC)c(OC)c2)c2cc3c(cc2C2=NN(c4ccc(OC)cc4)C[C@H]21)OCO3)C(=O)NN. The highest BCUT2D eigenvalue weighted by Crippen LogP contribution is 2.52. The van der Waals surface area contributed by atoms with E-state index in [0.717, 1.165) is 33.8 Å². The minimum atomic E-state index is -0.610. The molecule has 0 spiro atoms. The van der Waals surface area contributed by atoms with Gasteiger partial charge in [-0.25, -0.2) is 5.84 Å². The lowest BCUT2D eigenvalue weighted by Crippen LogP contribution is -2.47. The summed E-state index contributed by atoms with van der Waals surface area (Å²) in [6.45, 7) is 9.24. The Morgan fingerprint density at radius 2 is 1.57 bits per heavy atom. The number of ether oxygens (including phenoxy) is 7. The number of hydrazine groups is 1. The lowest BCUT2D eigenvalue weighted by atomic mass is 9.65. The third-order valence-corrected chi connectivity index (χ3v) is 11.7. The molecular weight excluding hydrogens is 718 g/mol. The number of carbonyl (C=O) groups excluding carboxylic acids is 2. The lowest BCUT2D eigenvalue weighted by molar-refractivity contribution is -0.134.